The van der Waals surface area contributed by atoms with Crippen LogP contribution in [0, 0.1) is 18.8 Å². The number of ketones is 1. The summed E-state index contributed by atoms with van der Waals surface area (Å²) in [6.45, 7) is 16.9. The molecule has 0 N–H and O–H groups in total. The summed E-state index contributed by atoms with van der Waals surface area (Å²) in [7, 11) is 2.44. The molecule has 1 aliphatic rings. The van der Waals surface area contributed by atoms with E-state index >= 15 is 0 Å². The van der Waals surface area contributed by atoms with Gasteiger partial charge in [-0.15, -0.1) is 0 Å². The third-order valence-electron chi connectivity index (χ3n) is 6.97. The van der Waals surface area contributed by atoms with E-state index in [1.54, 1.807) is 0 Å². The lowest BCUT2D eigenvalue weighted by Crippen LogP contribution is -2.38. The Morgan fingerprint density at radius 2 is 1.33 bits per heavy atom. The highest BCUT2D eigenvalue weighted by atomic mass is 31.2. The van der Waals surface area contributed by atoms with E-state index in [4.69, 9.17) is 9.47 Å². The molecule has 0 radical (unpaired) electrons. The predicted octanol–water partition coefficient (Wildman–Crippen LogP) is 4.61. The second-order valence-electron chi connectivity index (χ2n) is 11.6. The molecule has 33 heavy (non-hydrogen) atoms. The fraction of sp³-hybridized carbons (Fsp3) is 0.630. The van der Waals surface area contributed by atoms with Crippen LogP contribution < -0.4 is 5.30 Å². The second-order valence-corrected chi connectivity index (χ2v) is 15.2. The minimum Gasteiger partial charge on any atom is -0.465 e. The lowest BCUT2D eigenvalue weighted by molar-refractivity contribution is -0.149. The minimum absolute atomic E-state index is 0.00478. The van der Waals surface area contributed by atoms with Crippen molar-refractivity contribution < 1.29 is 23.9 Å². The van der Waals surface area contributed by atoms with E-state index in [2.05, 4.69) is 74.4 Å². The summed E-state index contributed by atoms with van der Waals surface area (Å²) in [5, 5.41) is 1.09. The molecule has 1 aromatic rings. The smallest absolute Gasteiger partial charge is 0.379 e. The Balaban J connectivity index is 3.18. The Morgan fingerprint density at radius 1 is 0.848 bits per heavy atom. The van der Waals surface area contributed by atoms with Gasteiger partial charge in [-0.05, 0) is 63.9 Å². The monoisotopic (exact) mass is 476 g/mol. The molecule has 0 saturated carbocycles. The van der Waals surface area contributed by atoms with Gasteiger partial charge in [0.15, 0.2) is 0 Å². The standard InChI is InChI=1S/C27H41O5P/c1-16-12-19(26(4,5)6)13-20(27(7,8)9)22(16)33(14-17(2)18(3)15-33)23(25(30)32-11)21(28)24(29)31-10/h12-13,17-18H,14-15H2,1-11H3. The van der Waals surface area contributed by atoms with Crippen LogP contribution in [0.15, 0.2) is 12.1 Å². The summed E-state index contributed by atoms with van der Waals surface area (Å²) in [5.74, 6) is -1.98. The van der Waals surface area contributed by atoms with Crippen LogP contribution >= 0.6 is 6.89 Å². The first kappa shape index (κ1) is 27.4. The lowest BCUT2D eigenvalue weighted by atomic mass is 9.79. The number of carbonyl (C=O) groups is 3. The van der Waals surface area contributed by atoms with E-state index in [0.717, 1.165) is 16.4 Å². The largest absolute Gasteiger partial charge is 0.465 e. The van der Waals surface area contributed by atoms with E-state index in [-0.39, 0.29) is 16.1 Å². The van der Waals surface area contributed by atoms with Crippen molar-refractivity contribution in [3.05, 3.63) is 28.8 Å². The molecule has 2 unspecified atom stereocenters. The molecule has 5 nitrogen and oxygen atoms in total. The van der Waals surface area contributed by atoms with Gasteiger partial charge >= 0.3 is 11.9 Å². The van der Waals surface area contributed by atoms with Gasteiger partial charge in [-0.3, -0.25) is 4.79 Å². The first-order valence-electron chi connectivity index (χ1n) is 11.6. The maximum Gasteiger partial charge on any atom is 0.379 e. The summed E-state index contributed by atoms with van der Waals surface area (Å²) in [4.78, 5) is 39.0. The Morgan fingerprint density at radius 3 is 1.73 bits per heavy atom. The van der Waals surface area contributed by atoms with Gasteiger partial charge in [0.05, 0.1) is 14.2 Å². The van der Waals surface area contributed by atoms with Crippen molar-refractivity contribution in [2.45, 2.75) is 73.1 Å². The SMILES string of the molecule is COC(=O)C(=O)C(C(=O)OC)=P1(c2c(C)cc(C(C)(C)C)cc2C(C)(C)C)CC(C)C(C)C1. The molecule has 1 saturated heterocycles. The molecule has 0 aromatic heterocycles. The molecular weight excluding hydrogens is 435 g/mol. The molecule has 6 heteroatoms. The van der Waals surface area contributed by atoms with Crippen LogP contribution in [-0.4, -0.2) is 49.6 Å². The molecule has 0 aliphatic carbocycles. The third-order valence-corrected chi connectivity index (χ3v) is 12.1. The molecular formula is C27H41O5P. The molecule has 2 atom stereocenters. The van der Waals surface area contributed by atoms with Crippen molar-refractivity contribution in [2.24, 2.45) is 11.8 Å². The third kappa shape index (κ3) is 5.14. The first-order valence-corrected chi connectivity index (χ1v) is 13.8. The summed E-state index contributed by atoms with van der Waals surface area (Å²) in [6, 6.07) is 4.44. The van der Waals surface area contributed by atoms with E-state index < -0.39 is 24.6 Å². The number of hydrogen-bond acceptors (Lipinski definition) is 5. The van der Waals surface area contributed by atoms with Crippen LogP contribution in [0.2, 0.25) is 0 Å². The van der Waals surface area contributed by atoms with Crippen LogP contribution in [0.5, 0.6) is 0 Å². The summed E-state index contributed by atoms with van der Waals surface area (Å²) < 4.78 is 9.90. The number of aryl methyl sites for hydroxylation is 1. The van der Waals surface area contributed by atoms with Crippen LogP contribution in [-0.2, 0) is 34.7 Å². The number of hydrogen-bond donors (Lipinski definition) is 0. The maximum absolute atomic E-state index is 13.4. The number of ether oxygens (including phenoxy) is 2. The lowest BCUT2D eigenvalue weighted by Gasteiger charge is -2.35. The fourth-order valence-electron chi connectivity index (χ4n) is 4.99. The van der Waals surface area contributed by atoms with Gasteiger partial charge in [-0.25, -0.2) is 9.59 Å². The van der Waals surface area contributed by atoms with Crippen LogP contribution in [0.3, 0.4) is 0 Å². The Hall–Kier alpha value is -1.87. The molecule has 1 heterocycles. The van der Waals surface area contributed by atoms with E-state index in [1.807, 2.05) is 0 Å². The van der Waals surface area contributed by atoms with Crippen molar-refractivity contribution in [1.29, 1.82) is 0 Å². The number of benzene rings is 1. The van der Waals surface area contributed by atoms with Crippen molar-refractivity contribution in [1.82, 2.24) is 0 Å². The molecule has 0 amide bonds. The molecule has 1 fully saturated rings. The number of carbonyl (C=O) groups excluding carboxylic acids is 3. The summed E-state index contributed by atoms with van der Waals surface area (Å²) in [5.41, 5.74) is 3.15. The molecule has 0 spiro atoms. The molecule has 1 aliphatic heterocycles. The van der Waals surface area contributed by atoms with E-state index in [1.165, 1.54) is 19.8 Å². The quantitative estimate of drug-likeness (QED) is 0.275. The molecule has 1 aromatic carbocycles. The average Bonchev–Trinajstić information content (AvgIpc) is 2.99. The van der Waals surface area contributed by atoms with Crippen molar-refractivity contribution in [3.8, 4) is 0 Å². The van der Waals surface area contributed by atoms with Crippen LogP contribution in [0.1, 0.15) is 72.1 Å². The Labute approximate surface area is 199 Å². The zero-order chi connectivity index (χ0) is 25.5. The number of rotatable bonds is 4. The highest BCUT2D eigenvalue weighted by molar-refractivity contribution is 7.86. The van der Waals surface area contributed by atoms with Crippen molar-refractivity contribution in [3.63, 3.8) is 0 Å². The maximum atomic E-state index is 13.4. The number of esters is 2. The van der Waals surface area contributed by atoms with Gasteiger partial charge in [-0.1, -0.05) is 74.4 Å². The normalized spacial score (nSPS) is 23.2. The summed E-state index contributed by atoms with van der Waals surface area (Å²) in [6.07, 6.45) is 1.39. The zero-order valence-corrected chi connectivity index (χ0v) is 23.1. The minimum atomic E-state index is -2.57. The zero-order valence-electron chi connectivity index (χ0n) is 22.2. The van der Waals surface area contributed by atoms with E-state index in [9.17, 15) is 14.4 Å². The second kappa shape index (κ2) is 9.41. The molecule has 0 bridgehead atoms. The highest BCUT2D eigenvalue weighted by Gasteiger charge is 2.46. The van der Waals surface area contributed by atoms with Gasteiger partial charge in [0.1, 0.15) is 5.29 Å². The Bertz CT molecular complexity index is 1010. The van der Waals surface area contributed by atoms with E-state index in [0.29, 0.717) is 24.2 Å². The van der Waals surface area contributed by atoms with Gasteiger partial charge in [0.2, 0.25) is 0 Å². The topological polar surface area (TPSA) is 69.7 Å². The van der Waals surface area contributed by atoms with Gasteiger partial charge in [0.25, 0.3) is 5.78 Å². The Kier molecular flexibility index (Phi) is 7.80. The molecule has 184 valence electrons. The number of methoxy groups -OCH3 is 2. The summed E-state index contributed by atoms with van der Waals surface area (Å²) >= 11 is 0. The predicted molar refractivity (Wildman–Crippen MR) is 137 cm³/mol. The van der Waals surface area contributed by atoms with Crippen molar-refractivity contribution >= 4 is 35.2 Å². The van der Waals surface area contributed by atoms with Crippen molar-refractivity contribution in [2.75, 3.05) is 26.5 Å². The number of Topliss-reactive ketones (excluding diaryl/α,β-unsaturated/α-hetero) is 1. The molecule has 2 rings (SSSR count). The van der Waals surface area contributed by atoms with Crippen LogP contribution in [0.4, 0.5) is 0 Å². The highest BCUT2D eigenvalue weighted by Crippen LogP contribution is 2.60. The van der Waals surface area contributed by atoms with Crippen LogP contribution in [0.25, 0.3) is 0 Å². The fourth-order valence-corrected chi connectivity index (χ4v) is 11.3. The average molecular weight is 477 g/mol. The van der Waals surface area contributed by atoms with Gasteiger partial charge in [0, 0.05) is 0 Å². The van der Waals surface area contributed by atoms with Gasteiger partial charge in [-0.2, -0.15) is 0 Å². The first-order chi connectivity index (χ1) is 15.0. The van der Waals surface area contributed by atoms with Gasteiger partial charge < -0.3 is 9.47 Å².